The van der Waals surface area contributed by atoms with Crippen LogP contribution in [-0.2, 0) is 6.54 Å². The van der Waals surface area contributed by atoms with Crippen molar-refractivity contribution in [3.8, 4) is 0 Å². The van der Waals surface area contributed by atoms with Gasteiger partial charge in [-0.1, -0.05) is 6.07 Å². The van der Waals surface area contributed by atoms with Crippen LogP contribution < -0.4 is 5.32 Å². The Hall–Kier alpha value is -2.34. The second-order valence-electron chi connectivity index (χ2n) is 4.68. The van der Waals surface area contributed by atoms with Gasteiger partial charge in [-0.15, -0.1) is 0 Å². The van der Waals surface area contributed by atoms with Crippen molar-refractivity contribution < 1.29 is 4.92 Å². The van der Waals surface area contributed by atoms with E-state index < -0.39 is 4.92 Å². The van der Waals surface area contributed by atoms with Crippen LogP contribution in [0, 0.1) is 10.1 Å². The number of halogens is 1. The normalized spacial score (nSPS) is 10.7. The molecule has 0 bridgehead atoms. The molecule has 0 spiro atoms. The van der Waals surface area contributed by atoms with Gasteiger partial charge >= 0.3 is 0 Å². The maximum atomic E-state index is 10.8. The van der Waals surface area contributed by atoms with Crippen LogP contribution in [-0.4, -0.2) is 9.91 Å². The fourth-order valence-electron chi connectivity index (χ4n) is 2.18. The van der Waals surface area contributed by atoms with Gasteiger partial charge in [0.2, 0.25) is 0 Å². The van der Waals surface area contributed by atoms with E-state index >= 15 is 0 Å². The number of nitro groups is 1. The second-order valence-corrected chi connectivity index (χ2v) is 5.53. The van der Waals surface area contributed by atoms with E-state index in [1.54, 1.807) is 12.1 Å². The maximum absolute atomic E-state index is 10.8. The molecule has 0 aliphatic heterocycles. The molecule has 3 rings (SSSR count). The van der Waals surface area contributed by atoms with Gasteiger partial charge in [0.05, 0.1) is 9.40 Å². The number of H-pyrrole nitrogens is 1. The average molecular weight is 346 g/mol. The second kappa shape index (κ2) is 5.57. The maximum Gasteiger partial charge on any atom is 0.283 e. The van der Waals surface area contributed by atoms with E-state index in [2.05, 4.69) is 32.3 Å². The molecule has 5 nitrogen and oxygen atoms in total. The van der Waals surface area contributed by atoms with E-state index in [1.807, 2.05) is 24.4 Å². The Morgan fingerprint density at radius 1 is 1.19 bits per heavy atom. The molecule has 2 aromatic carbocycles. The number of fused-ring (bicyclic) bond motifs is 1. The van der Waals surface area contributed by atoms with Crippen molar-refractivity contribution in [1.82, 2.24) is 4.98 Å². The molecule has 2 N–H and O–H groups in total. The molecule has 1 heterocycles. The van der Waals surface area contributed by atoms with Gasteiger partial charge in [0.25, 0.3) is 5.69 Å². The van der Waals surface area contributed by atoms with Crippen LogP contribution in [0.3, 0.4) is 0 Å². The number of benzene rings is 2. The number of aromatic amines is 1. The van der Waals surface area contributed by atoms with E-state index in [9.17, 15) is 10.1 Å². The van der Waals surface area contributed by atoms with Crippen molar-refractivity contribution in [1.29, 1.82) is 0 Å². The van der Waals surface area contributed by atoms with E-state index in [4.69, 9.17) is 0 Å². The number of hydrogen-bond donors (Lipinski definition) is 2. The highest BCUT2D eigenvalue weighted by Crippen LogP contribution is 2.28. The first-order valence-electron chi connectivity index (χ1n) is 6.37. The van der Waals surface area contributed by atoms with Crippen molar-refractivity contribution in [3.63, 3.8) is 0 Å². The minimum atomic E-state index is -0.409. The molecule has 0 amide bonds. The van der Waals surface area contributed by atoms with Gasteiger partial charge in [-0.2, -0.15) is 0 Å². The Kier molecular flexibility index (Phi) is 3.62. The number of nitro benzene ring substituents is 1. The lowest BCUT2D eigenvalue weighted by Gasteiger charge is -2.07. The standard InChI is InChI=1S/C15H12BrN3O2/c16-13-8-12(2-4-15(13)19(20)21)18-9-10-1-3-14-11(7-10)5-6-17-14/h1-8,17-18H,9H2. The molecule has 1 aromatic heterocycles. The van der Waals surface area contributed by atoms with Crippen molar-refractivity contribution in [2.24, 2.45) is 0 Å². The summed E-state index contributed by atoms with van der Waals surface area (Å²) in [4.78, 5) is 13.5. The van der Waals surface area contributed by atoms with Gasteiger partial charge in [0, 0.05) is 30.0 Å². The van der Waals surface area contributed by atoms with Gasteiger partial charge in [0.15, 0.2) is 0 Å². The summed E-state index contributed by atoms with van der Waals surface area (Å²) in [5.41, 5.74) is 3.16. The summed E-state index contributed by atoms with van der Waals surface area (Å²) >= 11 is 3.22. The predicted molar refractivity (Wildman–Crippen MR) is 86.4 cm³/mol. The molecule has 0 fully saturated rings. The molecule has 3 aromatic rings. The van der Waals surface area contributed by atoms with E-state index in [-0.39, 0.29) is 5.69 Å². The third-order valence-corrected chi connectivity index (χ3v) is 3.89. The fraction of sp³-hybridized carbons (Fsp3) is 0.0667. The minimum Gasteiger partial charge on any atom is -0.381 e. The first-order valence-corrected chi connectivity index (χ1v) is 7.16. The molecular weight excluding hydrogens is 334 g/mol. The molecule has 6 heteroatoms. The monoisotopic (exact) mass is 345 g/mol. The highest BCUT2D eigenvalue weighted by atomic mass is 79.9. The van der Waals surface area contributed by atoms with E-state index in [0.717, 1.165) is 16.8 Å². The molecule has 0 aliphatic carbocycles. The SMILES string of the molecule is O=[N+]([O-])c1ccc(NCc2ccc3[nH]ccc3c2)cc1Br. The molecule has 0 aliphatic rings. The number of aromatic nitrogens is 1. The Balaban J connectivity index is 1.75. The third kappa shape index (κ3) is 2.90. The summed E-state index contributed by atoms with van der Waals surface area (Å²) in [6.45, 7) is 0.658. The van der Waals surface area contributed by atoms with Crippen LogP contribution in [0.2, 0.25) is 0 Å². The van der Waals surface area contributed by atoms with Crippen LogP contribution >= 0.6 is 15.9 Å². The summed E-state index contributed by atoms with van der Waals surface area (Å²) in [5, 5.41) is 15.2. The summed E-state index contributed by atoms with van der Waals surface area (Å²) in [7, 11) is 0. The van der Waals surface area contributed by atoms with E-state index in [1.165, 1.54) is 11.5 Å². The lowest BCUT2D eigenvalue weighted by atomic mass is 10.1. The summed E-state index contributed by atoms with van der Waals surface area (Å²) in [6, 6.07) is 13.1. The van der Waals surface area contributed by atoms with Gasteiger partial charge in [-0.25, -0.2) is 0 Å². The van der Waals surface area contributed by atoms with Crippen LogP contribution in [0.4, 0.5) is 11.4 Å². The molecule has 0 radical (unpaired) electrons. The molecule has 106 valence electrons. The third-order valence-electron chi connectivity index (χ3n) is 3.26. The van der Waals surface area contributed by atoms with Crippen molar-refractivity contribution in [2.75, 3.05) is 5.32 Å². The van der Waals surface area contributed by atoms with Crippen LogP contribution in [0.5, 0.6) is 0 Å². The number of nitrogens with zero attached hydrogens (tertiary/aromatic N) is 1. The number of rotatable bonds is 4. The zero-order valence-corrected chi connectivity index (χ0v) is 12.6. The molecule has 0 unspecified atom stereocenters. The van der Waals surface area contributed by atoms with Gasteiger partial charge in [-0.3, -0.25) is 10.1 Å². The Morgan fingerprint density at radius 3 is 2.81 bits per heavy atom. The largest absolute Gasteiger partial charge is 0.381 e. The van der Waals surface area contributed by atoms with Gasteiger partial charge in [-0.05, 0) is 57.2 Å². The zero-order valence-electron chi connectivity index (χ0n) is 11.0. The van der Waals surface area contributed by atoms with Crippen molar-refractivity contribution >= 4 is 38.2 Å². The topological polar surface area (TPSA) is 71.0 Å². The lowest BCUT2D eigenvalue weighted by molar-refractivity contribution is -0.385. The van der Waals surface area contributed by atoms with Crippen LogP contribution in [0.1, 0.15) is 5.56 Å². The van der Waals surface area contributed by atoms with Crippen LogP contribution in [0.25, 0.3) is 10.9 Å². The number of anilines is 1. The zero-order chi connectivity index (χ0) is 14.8. The Labute approximate surface area is 129 Å². The highest BCUT2D eigenvalue weighted by Gasteiger charge is 2.11. The Morgan fingerprint density at radius 2 is 2.05 bits per heavy atom. The average Bonchev–Trinajstić information content (AvgIpc) is 2.92. The number of hydrogen-bond acceptors (Lipinski definition) is 3. The molecule has 21 heavy (non-hydrogen) atoms. The van der Waals surface area contributed by atoms with Crippen molar-refractivity contribution in [2.45, 2.75) is 6.54 Å². The predicted octanol–water partition coefficient (Wildman–Crippen LogP) is 4.45. The molecule has 0 saturated carbocycles. The molecule has 0 atom stereocenters. The first-order chi connectivity index (χ1) is 10.1. The van der Waals surface area contributed by atoms with Crippen LogP contribution in [0.15, 0.2) is 53.1 Å². The quantitative estimate of drug-likeness (QED) is 0.542. The summed E-state index contributed by atoms with van der Waals surface area (Å²) in [6.07, 6.45) is 1.91. The molecule has 0 saturated heterocycles. The van der Waals surface area contributed by atoms with Crippen molar-refractivity contribution in [3.05, 3.63) is 68.8 Å². The summed E-state index contributed by atoms with van der Waals surface area (Å²) in [5.74, 6) is 0. The first kappa shape index (κ1) is 13.6. The minimum absolute atomic E-state index is 0.0642. The number of nitrogens with one attached hydrogen (secondary N) is 2. The smallest absolute Gasteiger partial charge is 0.283 e. The molecular formula is C15H12BrN3O2. The lowest BCUT2D eigenvalue weighted by Crippen LogP contribution is -1.99. The van der Waals surface area contributed by atoms with Gasteiger partial charge < -0.3 is 10.3 Å². The van der Waals surface area contributed by atoms with Gasteiger partial charge in [0.1, 0.15) is 0 Å². The summed E-state index contributed by atoms with van der Waals surface area (Å²) < 4.78 is 0.471. The fourth-order valence-corrected chi connectivity index (χ4v) is 2.71. The Bertz CT molecular complexity index is 814. The van der Waals surface area contributed by atoms with E-state index in [0.29, 0.717) is 11.0 Å². The highest BCUT2D eigenvalue weighted by molar-refractivity contribution is 9.10.